The maximum absolute atomic E-state index is 5.83. The van der Waals surface area contributed by atoms with E-state index in [1.165, 1.54) is 0 Å². The first kappa shape index (κ1) is 9.71. The molecule has 0 radical (unpaired) electrons. The van der Waals surface area contributed by atoms with Gasteiger partial charge in [-0.1, -0.05) is 0 Å². The molecule has 0 aromatic carbocycles. The van der Waals surface area contributed by atoms with Crippen LogP contribution in [0.25, 0.3) is 5.82 Å². The van der Waals surface area contributed by atoms with Crippen molar-refractivity contribution >= 4 is 5.69 Å². The zero-order valence-corrected chi connectivity index (χ0v) is 9.15. The molecule has 0 amide bonds. The van der Waals surface area contributed by atoms with Crippen LogP contribution < -0.4 is 5.73 Å². The standard InChI is InChI=1S/C11H14N4/c1-7-6-13-11(5-10(7)12)15-9(3)4-8(2)14-15/h4-6H,1-3H3,(H2,12,13). The molecule has 4 nitrogen and oxygen atoms in total. The van der Waals surface area contributed by atoms with E-state index in [0.717, 1.165) is 28.5 Å². The van der Waals surface area contributed by atoms with Gasteiger partial charge in [-0.15, -0.1) is 0 Å². The molecule has 15 heavy (non-hydrogen) atoms. The molecule has 2 aromatic heterocycles. The van der Waals surface area contributed by atoms with Gasteiger partial charge in [0.2, 0.25) is 0 Å². The van der Waals surface area contributed by atoms with E-state index >= 15 is 0 Å². The van der Waals surface area contributed by atoms with E-state index in [4.69, 9.17) is 5.73 Å². The first-order chi connectivity index (χ1) is 7.08. The number of aryl methyl sites for hydroxylation is 3. The number of hydrogen-bond donors (Lipinski definition) is 1. The number of nitrogens with two attached hydrogens (primary N) is 1. The zero-order chi connectivity index (χ0) is 11.0. The van der Waals surface area contributed by atoms with E-state index in [1.807, 2.05) is 32.9 Å². The molecule has 4 heteroatoms. The molecule has 0 aliphatic carbocycles. The minimum absolute atomic E-state index is 0.743. The number of nitrogen functional groups attached to an aromatic ring is 1. The van der Waals surface area contributed by atoms with Crippen molar-refractivity contribution in [3.8, 4) is 5.82 Å². The summed E-state index contributed by atoms with van der Waals surface area (Å²) in [6.45, 7) is 5.89. The lowest BCUT2D eigenvalue weighted by atomic mass is 10.2. The molecule has 0 spiro atoms. The molecule has 0 aliphatic heterocycles. The van der Waals surface area contributed by atoms with Crippen molar-refractivity contribution in [1.29, 1.82) is 0 Å². The van der Waals surface area contributed by atoms with Gasteiger partial charge in [-0.2, -0.15) is 5.10 Å². The average Bonchev–Trinajstić information content (AvgIpc) is 2.50. The molecule has 78 valence electrons. The van der Waals surface area contributed by atoms with Gasteiger partial charge in [0.05, 0.1) is 5.69 Å². The third-order valence-electron chi connectivity index (χ3n) is 2.36. The van der Waals surface area contributed by atoms with Gasteiger partial charge in [-0.25, -0.2) is 9.67 Å². The molecule has 0 saturated heterocycles. The smallest absolute Gasteiger partial charge is 0.155 e. The van der Waals surface area contributed by atoms with Gasteiger partial charge >= 0.3 is 0 Å². The van der Waals surface area contributed by atoms with Crippen LogP contribution in [-0.4, -0.2) is 14.8 Å². The van der Waals surface area contributed by atoms with Gasteiger partial charge in [0.25, 0.3) is 0 Å². The summed E-state index contributed by atoms with van der Waals surface area (Å²) in [6, 6.07) is 3.85. The average molecular weight is 202 g/mol. The number of pyridine rings is 1. The van der Waals surface area contributed by atoms with Crippen LogP contribution in [0.1, 0.15) is 17.0 Å². The second-order valence-corrected chi connectivity index (χ2v) is 3.74. The van der Waals surface area contributed by atoms with Crippen LogP contribution in [-0.2, 0) is 0 Å². The highest BCUT2D eigenvalue weighted by Crippen LogP contribution is 2.15. The van der Waals surface area contributed by atoms with Gasteiger partial charge in [-0.3, -0.25) is 0 Å². The zero-order valence-electron chi connectivity index (χ0n) is 9.15. The lowest BCUT2D eigenvalue weighted by Crippen LogP contribution is -2.03. The molecule has 0 aliphatic rings. The van der Waals surface area contributed by atoms with Crippen molar-refractivity contribution < 1.29 is 0 Å². The lowest BCUT2D eigenvalue weighted by molar-refractivity contribution is 0.805. The minimum Gasteiger partial charge on any atom is -0.398 e. The number of rotatable bonds is 1. The normalized spacial score (nSPS) is 10.6. The Morgan fingerprint density at radius 2 is 1.93 bits per heavy atom. The van der Waals surface area contributed by atoms with Crippen molar-refractivity contribution in [3.05, 3.63) is 35.3 Å². The first-order valence-electron chi connectivity index (χ1n) is 4.83. The van der Waals surface area contributed by atoms with Crippen LogP contribution in [0.2, 0.25) is 0 Å². The summed E-state index contributed by atoms with van der Waals surface area (Å²) in [5, 5.41) is 4.35. The fourth-order valence-corrected chi connectivity index (χ4v) is 1.50. The second kappa shape index (κ2) is 3.38. The molecular formula is C11H14N4. The molecule has 0 fully saturated rings. The van der Waals surface area contributed by atoms with E-state index in [1.54, 1.807) is 10.9 Å². The summed E-state index contributed by atoms with van der Waals surface area (Å²) in [4.78, 5) is 4.30. The molecular weight excluding hydrogens is 188 g/mol. The van der Waals surface area contributed by atoms with Crippen LogP contribution in [0.5, 0.6) is 0 Å². The van der Waals surface area contributed by atoms with Crippen molar-refractivity contribution in [3.63, 3.8) is 0 Å². The predicted molar refractivity (Wildman–Crippen MR) is 60.0 cm³/mol. The summed E-state index contributed by atoms with van der Waals surface area (Å²) in [5.41, 5.74) is 9.60. The number of aromatic nitrogens is 3. The van der Waals surface area contributed by atoms with Gasteiger partial charge in [-0.05, 0) is 32.4 Å². The van der Waals surface area contributed by atoms with E-state index in [-0.39, 0.29) is 0 Å². The van der Waals surface area contributed by atoms with Crippen molar-refractivity contribution in [2.75, 3.05) is 5.73 Å². The summed E-state index contributed by atoms with van der Waals surface area (Å²) >= 11 is 0. The van der Waals surface area contributed by atoms with E-state index < -0.39 is 0 Å². The monoisotopic (exact) mass is 202 g/mol. The quantitative estimate of drug-likeness (QED) is 0.766. The van der Waals surface area contributed by atoms with Crippen molar-refractivity contribution in [2.24, 2.45) is 0 Å². The molecule has 0 atom stereocenters. The Bertz CT molecular complexity index is 499. The van der Waals surface area contributed by atoms with Crippen LogP contribution in [0.3, 0.4) is 0 Å². The highest BCUT2D eigenvalue weighted by atomic mass is 15.3. The van der Waals surface area contributed by atoms with Crippen molar-refractivity contribution in [1.82, 2.24) is 14.8 Å². The van der Waals surface area contributed by atoms with Crippen LogP contribution in [0.15, 0.2) is 18.3 Å². The van der Waals surface area contributed by atoms with Crippen LogP contribution in [0.4, 0.5) is 5.69 Å². The highest BCUT2D eigenvalue weighted by molar-refractivity contribution is 5.49. The summed E-state index contributed by atoms with van der Waals surface area (Å²) in [5.74, 6) is 0.767. The molecule has 2 heterocycles. The molecule has 2 N–H and O–H groups in total. The summed E-state index contributed by atoms with van der Waals surface area (Å²) in [7, 11) is 0. The number of nitrogens with zero attached hydrogens (tertiary/aromatic N) is 3. The third-order valence-corrected chi connectivity index (χ3v) is 2.36. The van der Waals surface area contributed by atoms with Gasteiger partial charge in [0, 0.05) is 23.6 Å². The predicted octanol–water partition coefficient (Wildman–Crippen LogP) is 1.77. The molecule has 2 rings (SSSR count). The third kappa shape index (κ3) is 1.70. The Balaban J connectivity index is 2.54. The van der Waals surface area contributed by atoms with Crippen molar-refractivity contribution in [2.45, 2.75) is 20.8 Å². The van der Waals surface area contributed by atoms with E-state index in [0.29, 0.717) is 0 Å². The largest absolute Gasteiger partial charge is 0.398 e. The van der Waals surface area contributed by atoms with E-state index in [9.17, 15) is 0 Å². The maximum atomic E-state index is 5.83. The van der Waals surface area contributed by atoms with Gasteiger partial charge in [0.15, 0.2) is 5.82 Å². The van der Waals surface area contributed by atoms with Gasteiger partial charge < -0.3 is 5.73 Å². The molecule has 0 bridgehead atoms. The second-order valence-electron chi connectivity index (χ2n) is 3.74. The Labute approximate surface area is 88.8 Å². The van der Waals surface area contributed by atoms with Gasteiger partial charge in [0.1, 0.15) is 0 Å². The SMILES string of the molecule is Cc1cc(C)n(-c2cc(N)c(C)cn2)n1. The lowest BCUT2D eigenvalue weighted by Gasteiger charge is -2.05. The van der Waals surface area contributed by atoms with Crippen LogP contribution >= 0.6 is 0 Å². The van der Waals surface area contributed by atoms with E-state index in [2.05, 4.69) is 10.1 Å². The Hall–Kier alpha value is -1.84. The Morgan fingerprint density at radius 1 is 1.20 bits per heavy atom. The molecule has 2 aromatic rings. The summed E-state index contributed by atoms with van der Waals surface area (Å²) < 4.78 is 1.80. The molecule has 0 saturated carbocycles. The maximum Gasteiger partial charge on any atom is 0.155 e. The highest BCUT2D eigenvalue weighted by Gasteiger charge is 2.05. The first-order valence-corrected chi connectivity index (χ1v) is 4.83. The van der Waals surface area contributed by atoms with Crippen LogP contribution in [0, 0.1) is 20.8 Å². The fraction of sp³-hybridized carbons (Fsp3) is 0.273. The fourth-order valence-electron chi connectivity index (χ4n) is 1.50. The molecule has 0 unspecified atom stereocenters. The topological polar surface area (TPSA) is 56.7 Å². The number of hydrogen-bond acceptors (Lipinski definition) is 3. The Morgan fingerprint density at radius 3 is 2.47 bits per heavy atom. The number of anilines is 1. The summed E-state index contributed by atoms with van der Waals surface area (Å²) in [6.07, 6.45) is 1.76. The minimum atomic E-state index is 0.743. The Kier molecular flexibility index (Phi) is 2.19.